The lowest BCUT2D eigenvalue weighted by Crippen LogP contribution is -2.39. The maximum absolute atomic E-state index is 3.72. The third kappa shape index (κ3) is 3.72. The summed E-state index contributed by atoms with van der Waals surface area (Å²) in [7, 11) is 6.44. The van der Waals surface area contributed by atoms with Crippen LogP contribution in [0.1, 0.15) is 18.4 Å². The summed E-state index contributed by atoms with van der Waals surface area (Å²) >= 11 is 0. The average Bonchev–Trinajstić information content (AvgIpc) is 2.31. The summed E-state index contributed by atoms with van der Waals surface area (Å²) in [5, 5.41) is 3.72. The number of anilines is 1. The normalized spacial score (nSPS) is 21.2. The van der Waals surface area contributed by atoms with Crippen LogP contribution in [0.15, 0.2) is 24.3 Å². The van der Waals surface area contributed by atoms with Gasteiger partial charge in [-0.2, -0.15) is 0 Å². The molecule has 18 heavy (non-hydrogen) atoms. The summed E-state index contributed by atoms with van der Waals surface area (Å²) in [5.41, 5.74) is 2.68. The van der Waals surface area contributed by atoms with Gasteiger partial charge in [0.2, 0.25) is 0 Å². The molecule has 0 aromatic heterocycles. The molecule has 0 bridgehead atoms. The molecule has 0 saturated carbocycles. The van der Waals surface area contributed by atoms with Gasteiger partial charge in [-0.3, -0.25) is 0 Å². The Balaban J connectivity index is 2.03. The van der Waals surface area contributed by atoms with Crippen molar-refractivity contribution in [2.45, 2.75) is 25.4 Å². The molecule has 3 heteroatoms. The molecule has 0 amide bonds. The van der Waals surface area contributed by atoms with E-state index in [0.717, 1.165) is 13.1 Å². The Hall–Kier alpha value is -1.06. The number of nitrogens with zero attached hydrogens (tertiary/aromatic N) is 2. The molecule has 1 atom stereocenters. The summed E-state index contributed by atoms with van der Waals surface area (Å²) in [6.07, 6.45) is 2.57. The third-order valence-electron chi connectivity index (χ3n) is 3.49. The SMILES string of the molecule is CN(C)Cc1ccccc1NC1CCCN(C)C1. The molecule has 0 aliphatic carbocycles. The van der Waals surface area contributed by atoms with Gasteiger partial charge in [0.1, 0.15) is 0 Å². The van der Waals surface area contributed by atoms with Crippen LogP contribution in [0, 0.1) is 0 Å². The number of piperidine rings is 1. The fraction of sp³-hybridized carbons (Fsp3) is 0.600. The zero-order valence-electron chi connectivity index (χ0n) is 11.8. The Morgan fingerprint density at radius 1 is 1.33 bits per heavy atom. The van der Waals surface area contributed by atoms with Gasteiger partial charge in [-0.25, -0.2) is 0 Å². The van der Waals surface area contributed by atoms with Crippen LogP contribution in [-0.2, 0) is 6.54 Å². The standard InChI is InChI=1S/C15H25N3/c1-17(2)11-13-7-4-5-9-15(13)16-14-8-6-10-18(3)12-14/h4-5,7,9,14,16H,6,8,10-12H2,1-3H3. The van der Waals surface area contributed by atoms with Crippen molar-refractivity contribution in [2.24, 2.45) is 0 Å². The Morgan fingerprint density at radius 3 is 2.83 bits per heavy atom. The molecule has 0 radical (unpaired) electrons. The molecule has 0 spiro atoms. The lowest BCUT2D eigenvalue weighted by molar-refractivity contribution is 0.261. The van der Waals surface area contributed by atoms with Gasteiger partial charge in [-0.05, 0) is 52.2 Å². The van der Waals surface area contributed by atoms with Crippen LogP contribution in [-0.4, -0.2) is 50.1 Å². The number of para-hydroxylation sites is 1. The average molecular weight is 247 g/mol. The van der Waals surface area contributed by atoms with Crippen LogP contribution in [0.25, 0.3) is 0 Å². The first-order chi connectivity index (χ1) is 8.65. The van der Waals surface area contributed by atoms with Crippen molar-refractivity contribution in [1.82, 2.24) is 9.80 Å². The van der Waals surface area contributed by atoms with Gasteiger partial charge in [0, 0.05) is 24.8 Å². The molecule has 100 valence electrons. The Bertz CT molecular complexity index is 376. The molecular formula is C15H25N3. The summed E-state index contributed by atoms with van der Waals surface area (Å²) in [6.45, 7) is 3.37. The van der Waals surface area contributed by atoms with E-state index in [1.807, 2.05) is 0 Å². The molecule has 1 aromatic carbocycles. The second-order valence-corrected chi connectivity index (χ2v) is 5.64. The first-order valence-corrected chi connectivity index (χ1v) is 6.83. The smallest absolute Gasteiger partial charge is 0.0388 e. The van der Waals surface area contributed by atoms with Crippen molar-refractivity contribution in [3.05, 3.63) is 29.8 Å². The van der Waals surface area contributed by atoms with Crippen LogP contribution in [0.3, 0.4) is 0 Å². The van der Waals surface area contributed by atoms with E-state index in [-0.39, 0.29) is 0 Å². The molecule has 1 aliphatic heterocycles. The lowest BCUT2D eigenvalue weighted by Gasteiger charge is -2.31. The van der Waals surface area contributed by atoms with E-state index in [1.54, 1.807) is 0 Å². The van der Waals surface area contributed by atoms with Crippen molar-refractivity contribution < 1.29 is 0 Å². The first kappa shape index (κ1) is 13.4. The number of likely N-dealkylation sites (tertiary alicyclic amines) is 1. The molecule has 1 fully saturated rings. The molecule has 3 nitrogen and oxygen atoms in total. The van der Waals surface area contributed by atoms with E-state index in [0.29, 0.717) is 6.04 Å². The number of hydrogen-bond acceptors (Lipinski definition) is 3. The molecule has 2 rings (SSSR count). The highest BCUT2D eigenvalue weighted by atomic mass is 15.1. The number of likely N-dealkylation sites (N-methyl/N-ethyl adjacent to an activating group) is 1. The Labute approximate surface area is 111 Å². The van der Waals surface area contributed by atoms with Crippen LogP contribution in [0.4, 0.5) is 5.69 Å². The van der Waals surface area contributed by atoms with Gasteiger partial charge < -0.3 is 15.1 Å². The van der Waals surface area contributed by atoms with Crippen molar-refractivity contribution in [1.29, 1.82) is 0 Å². The predicted molar refractivity (Wildman–Crippen MR) is 78.0 cm³/mol. The van der Waals surface area contributed by atoms with E-state index in [9.17, 15) is 0 Å². The summed E-state index contributed by atoms with van der Waals surface area (Å²) in [6, 6.07) is 9.25. The van der Waals surface area contributed by atoms with E-state index in [4.69, 9.17) is 0 Å². The topological polar surface area (TPSA) is 18.5 Å². The van der Waals surface area contributed by atoms with Crippen LogP contribution < -0.4 is 5.32 Å². The van der Waals surface area contributed by atoms with Gasteiger partial charge in [0.25, 0.3) is 0 Å². The molecule has 1 aromatic rings. The minimum Gasteiger partial charge on any atom is -0.381 e. The van der Waals surface area contributed by atoms with E-state index < -0.39 is 0 Å². The molecule has 1 unspecified atom stereocenters. The van der Waals surface area contributed by atoms with Gasteiger partial charge in [0.05, 0.1) is 0 Å². The summed E-state index contributed by atoms with van der Waals surface area (Å²) in [5.74, 6) is 0. The number of rotatable bonds is 4. The second-order valence-electron chi connectivity index (χ2n) is 5.64. The lowest BCUT2D eigenvalue weighted by atomic mass is 10.0. The van der Waals surface area contributed by atoms with Crippen LogP contribution in [0.2, 0.25) is 0 Å². The fourth-order valence-electron chi connectivity index (χ4n) is 2.64. The minimum absolute atomic E-state index is 0.590. The highest BCUT2D eigenvalue weighted by molar-refractivity contribution is 5.51. The van der Waals surface area contributed by atoms with E-state index in [2.05, 4.69) is 60.5 Å². The molecule has 1 heterocycles. The third-order valence-corrected chi connectivity index (χ3v) is 3.49. The van der Waals surface area contributed by atoms with Crippen molar-refractivity contribution in [3.8, 4) is 0 Å². The van der Waals surface area contributed by atoms with Crippen molar-refractivity contribution in [2.75, 3.05) is 39.5 Å². The monoisotopic (exact) mass is 247 g/mol. The maximum Gasteiger partial charge on any atom is 0.0388 e. The molecular weight excluding hydrogens is 222 g/mol. The number of nitrogens with one attached hydrogen (secondary N) is 1. The quantitative estimate of drug-likeness (QED) is 0.880. The zero-order valence-corrected chi connectivity index (χ0v) is 11.8. The van der Waals surface area contributed by atoms with Crippen LogP contribution >= 0.6 is 0 Å². The van der Waals surface area contributed by atoms with Gasteiger partial charge >= 0.3 is 0 Å². The minimum atomic E-state index is 0.590. The molecule has 1 aliphatic rings. The summed E-state index contributed by atoms with van der Waals surface area (Å²) < 4.78 is 0. The first-order valence-electron chi connectivity index (χ1n) is 6.83. The second kappa shape index (κ2) is 6.21. The Morgan fingerprint density at radius 2 is 2.11 bits per heavy atom. The largest absolute Gasteiger partial charge is 0.381 e. The maximum atomic E-state index is 3.72. The number of hydrogen-bond donors (Lipinski definition) is 1. The van der Waals surface area contributed by atoms with Gasteiger partial charge in [-0.15, -0.1) is 0 Å². The van der Waals surface area contributed by atoms with Crippen molar-refractivity contribution >= 4 is 5.69 Å². The zero-order chi connectivity index (χ0) is 13.0. The Kier molecular flexibility index (Phi) is 4.61. The molecule has 1 N–H and O–H groups in total. The summed E-state index contributed by atoms with van der Waals surface area (Å²) in [4.78, 5) is 4.63. The molecule has 1 saturated heterocycles. The fourth-order valence-corrected chi connectivity index (χ4v) is 2.64. The van der Waals surface area contributed by atoms with Crippen LogP contribution in [0.5, 0.6) is 0 Å². The van der Waals surface area contributed by atoms with Crippen molar-refractivity contribution in [3.63, 3.8) is 0 Å². The van der Waals surface area contributed by atoms with E-state index >= 15 is 0 Å². The predicted octanol–water partition coefficient (Wildman–Crippen LogP) is 2.25. The van der Waals surface area contributed by atoms with Gasteiger partial charge in [-0.1, -0.05) is 18.2 Å². The van der Waals surface area contributed by atoms with E-state index in [1.165, 1.54) is 30.6 Å². The van der Waals surface area contributed by atoms with Gasteiger partial charge in [0.15, 0.2) is 0 Å². The highest BCUT2D eigenvalue weighted by Gasteiger charge is 2.17. The highest BCUT2D eigenvalue weighted by Crippen LogP contribution is 2.20. The number of benzene rings is 1.